The first-order valence-electron chi connectivity index (χ1n) is 9.90. The molecular formula is C23H38N2O4S. The van der Waals surface area contributed by atoms with Gasteiger partial charge in [-0.15, -0.1) is 0 Å². The minimum Gasteiger partial charge on any atom is -0.492 e. The van der Waals surface area contributed by atoms with Crippen LogP contribution in [0.15, 0.2) is 30.3 Å². The molecule has 2 aromatic rings. The molecule has 6 nitrogen and oxygen atoms in total. The Morgan fingerprint density at radius 2 is 1.57 bits per heavy atom. The number of carbonyl (C=O) groups is 1. The van der Waals surface area contributed by atoms with E-state index in [9.17, 15) is 13.2 Å². The third kappa shape index (κ3) is 6.76. The van der Waals surface area contributed by atoms with Crippen LogP contribution in [0.4, 0.5) is 11.4 Å². The molecule has 0 radical (unpaired) electrons. The van der Waals surface area contributed by atoms with E-state index < -0.39 is 10.0 Å². The van der Waals surface area contributed by atoms with E-state index in [0.29, 0.717) is 11.3 Å². The lowest BCUT2D eigenvalue weighted by Crippen LogP contribution is -2.18. The minimum atomic E-state index is -3.52. The predicted octanol–water partition coefficient (Wildman–Crippen LogP) is 5.75. The molecule has 0 bridgehead atoms. The summed E-state index contributed by atoms with van der Waals surface area (Å²) < 4.78 is 31.5. The van der Waals surface area contributed by atoms with Crippen LogP contribution in [0.2, 0.25) is 0 Å². The van der Waals surface area contributed by atoms with E-state index in [1.807, 2.05) is 66.7 Å². The average Bonchev–Trinajstić information content (AvgIpc) is 2.63. The van der Waals surface area contributed by atoms with Gasteiger partial charge in [0.15, 0.2) is 5.75 Å². The summed E-state index contributed by atoms with van der Waals surface area (Å²) in [6.07, 6.45) is 1.07. The minimum absolute atomic E-state index is 0. The zero-order chi connectivity index (χ0) is 23.3. The van der Waals surface area contributed by atoms with Crippen LogP contribution in [0, 0.1) is 13.8 Å². The van der Waals surface area contributed by atoms with E-state index in [-0.39, 0.29) is 25.6 Å². The molecule has 0 unspecified atom stereocenters. The SMILES string of the molecule is CC.COc1c(NC(=O)c2ccc(C)c(C)c2)cc(C(C)(C)C)cc1NS(C)(=O)=O.[HH].[HH]. The third-order valence-corrected chi connectivity index (χ3v) is 5.06. The number of methoxy groups -OCH3 is 1. The Morgan fingerprint density at radius 3 is 2.03 bits per heavy atom. The summed E-state index contributed by atoms with van der Waals surface area (Å²) in [4.78, 5) is 12.8. The number of sulfonamides is 1. The van der Waals surface area contributed by atoms with Gasteiger partial charge >= 0.3 is 0 Å². The molecule has 2 aromatic carbocycles. The van der Waals surface area contributed by atoms with Crippen LogP contribution in [0.3, 0.4) is 0 Å². The van der Waals surface area contributed by atoms with Gasteiger partial charge in [-0.3, -0.25) is 9.52 Å². The Labute approximate surface area is 184 Å². The summed E-state index contributed by atoms with van der Waals surface area (Å²) in [7, 11) is -2.09. The second-order valence-electron chi connectivity index (χ2n) is 7.98. The van der Waals surface area contributed by atoms with Gasteiger partial charge < -0.3 is 10.1 Å². The average molecular weight is 439 g/mol. The maximum Gasteiger partial charge on any atom is 0.255 e. The molecule has 0 aliphatic rings. The summed E-state index contributed by atoms with van der Waals surface area (Å²) in [5.41, 5.74) is 3.92. The number of nitrogens with one attached hydrogen (secondary N) is 2. The maximum atomic E-state index is 12.8. The van der Waals surface area contributed by atoms with Crippen molar-refractivity contribution in [1.29, 1.82) is 0 Å². The van der Waals surface area contributed by atoms with Crippen LogP contribution in [0.25, 0.3) is 0 Å². The monoisotopic (exact) mass is 438 g/mol. The molecule has 170 valence electrons. The lowest BCUT2D eigenvalue weighted by atomic mass is 9.86. The summed E-state index contributed by atoms with van der Waals surface area (Å²) in [6, 6.07) is 9.01. The molecule has 7 heteroatoms. The van der Waals surface area contributed by atoms with Gasteiger partial charge in [0.2, 0.25) is 10.0 Å². The van der Waals surface area contributed by atoms with Crippen molar-refractivity contribution in [3.8, 4) is 5.75 Å². The number of anilines is 2. The fourth-order valence-corrected chi connectivity index (χ4v) is 3.28. The fourth-order valence-electron chi connectivity index (χ4n) is 2.73. The highest BCUT2D eigenvalue weighted by molar-refractivity contribution is 7.92. The molecule has 30 heavy (non-hydrogen) atoms. The van der Waals surface area contributed by atoms with Crippen molar-refractivity contribution in [3.05, 3.63) is 52.6 Å². The Kier molecular flexibility index (Phi) is 8.48. The first-order chi connectivity index (χ1) is 13.8. The largest absolute Gasteiger partial charge is 0.492 e. The molecule has 0 saturated carbocycles. The summed E-state index contributed by atoms with van der Waals surface area (Å²) in [5.74, 6) is -0.0339. The molecule has 0 atom stereocenters. The summed E-state index contributed by atoms with van der Waals surface area (Å²) in [6.45, 7) is 14.0. The lowest BCUT2D eigenvalue weighted by Gasteiger charge is -2.24. The smallest absolute Gasteiger partial charge is 0.255 e. The Balaban J connectivity index is 0. The van der Waals surface area contributed by atoms with Gasteiger partial charge in [0.05, 0.1) is 24.7 Å². The lowest BCUT2D eigenvalue weighted by molar-refractivity contribution is 0.102. The molecule has 2 N–H and O–H groups in total. The standard InChI is InChI=1S/C21H28N2O4S.C2H6.2H2/c1-13-8-9-15(10-14(13)2)20(24)22-17-11-16(21(3,4)5)12-18(19(17)27-6)23-28(7,25)26;1-2;;/h8-12,23H,1-7H3,(H,22,24);1-2H3;2*1H. The highest BCUT2D eigenvalue weighted by Crippen LogP contribution is 2.39. The fraction of sp³-hybridized carbons (Fsp3) is 0.435. The van der Waals surface area contributed by atoms with Crippen LogP contribution in [-0.4, -0.2) is 27.7 Å². The molecular weight excluding hydrogens is 400 g/mol. The van der Waals surface area contributed by atoms with Crippen LogP contribution in [0.1, 0.15) is 64.5 Å². The van der Waals surface area contributed by atoms with Gasteiger partial charge in [-0.1, -0.05) is 40.7 Å². The van der Waals surface area contributed by atoms with Gasteiger partial charge in [0.25, 0.3) is 5.91 Å². The molecule has 0 saturated heterocycles. The topological polar surface area (TPSA) is 84.5 Å². The molecule has 0 spiro atoms. The number of rotatable bonds is 5. The second kappa shape index (κ2) is 9.98. The van der Waals surface area contributed by atoms with Crippen LogP contribution >= 0.6 is 0 Å². The van der Waals surface area contributed by atoms with Crippen LogP contribution in [-0.2, 0) is 15.4 Å². The van der Waals surface area contributed by atoms with E-state index in [1.165, 1.54) is 7.11 Å². The first kappa shape index (κ1) is 25.5. The van der Waals surface area contributed by atoms with Crippen molar-refractivity contribution in [1.82, 2.24) is 0 Å². The molecule has 0 aliphatic carbocycles. The second-order valence-corrected chi connectivity index (χ2v) is 9.73. The number of amides is 1. The number of hydrogen-bond donors (Lipinski definition) is 2. The van der Waals surface area contributed by atoms with Crippen molar-refractivity contribution in [3.63, 3.8) is 0 Å². The predicted molar refractivity (Wildman–Crippen MR) is 130 cm³/mol. The van der Waals surface area contributed by atoms with Gasteiger partial charge in [-0.05, 0) is 60.2 Å². The molecule has 0 aliphatic heterocycles. The van der Waals surface area contributed by atoms with Crippen molar-refractivity contribution in [2.75, 3.05) is 23.4 Å². The summed E-state index contributed by atoms with van der Waals surface area (Å²) >= 11 is 0. The number of ether oxygens (including phenoxy) is 1. The van der Waals surface area contributed by atoms with Crippen LogP contribution < -0.4 is 14.8 Å². The van der Waals surface area contributed by atoms with Crippen molar-refractivity contribution in [2.45, 2.75) is 53.9 Å². The zero-order valence-corrected chi connectivity index (χ0v) is 20.2. The Hall–Kier alpha value is -2.54. The summed E-state index contributed by atoms with van der Waals surface area (Å²) in [5, 5.41) is 2.86. The maximum absolute atomic E-state index is 12.8. The van der Waals surface area contributed by atoms with E-state index in [4.69, 9.17) is 4.74 Å². The third-order valence-electron chi connectivity index (χ3n) is 4.47. The van der Waals surface area contributed by atoms with Crippen LogP contribution in [0.5, 0.6) is 5.75 Å². The normalized spacial score (nSPS) is 11.2. The van der Waals surface area contributed by atoms with E-state index in [0.717, 1.165) is 22.9 Å². The number of carbonyl (C=O) groups excluding carboxylic acids is 1. The van der Waals surface area contributed by atoms with E-state index in [1.54, 1.807) is 12.1 Å². The van der Waals surface area contributed by atoms with Gasteiger partial charge in [0, 0.05) is 8.42 Å². The van der Waals surface area contributed by atoms with E-state index >= 15 is 0 Å². The quantitative estimate of drug-likeness (QED) is 0.622. The van der Waals surface area contributed by atoms with E-state index in [2.05, 4.69) is 10.0 Å². The number of aryl methyl sites for hydroxylation is 2. The molecule has 1 amide bonds. The number of hydrogen-bond acceptors (Lipinski definition) is 4. The first-order valence-corrected chi connectivity index (χ1v) is 11.8. The Bertz CT molecular complexity index is 1020. The Morgan fingerprint density at radius 1 is 1.00 bits per heavy atom. The van der Waals surface area contributed by atoms with Crippen molar-refractivity contribution >= 4 is 27.3 Å². The molecule has 0 aromatic heterocycles. The number of benzene rings is 2. The highest BCUT2D eigenvalue weighted by Gasteiger charge is 2.22. The molecule has 2 rings (SSSR count). The van der Waals surface area contributed by atoms with Crippen molar-refractivity contribution < 1.29 is 20.8 Å². The van der Waals surface area contributed by atoms with Gasteiger partial charge in [-0.25, -0.2) is 8.42 Å². The van der Waals surface area contributed by atoms with Gasteiger partial charge in [-0.2, -0.15) is 0 Å². The molecule has 0 fully saturated rings. The molecule has 0 heterocycles. The van der Waals surface area contributed by atoms with Gasteiger partial charge in [0.1, 0.15) is 0 Å². The van der Waals surface area contributed by atoms with Crippen molar-refractivity contribution in [2.24, 2.45) is 0 Å². The highest BCUT2D eigenvalue weighted by atomic mass is 32.2. The zero-order valence-electron chi connectivity index (χ0n) is 19.4.